The number of fused-ring (bicyclic) bond motifs is 2. The molecule has 0 radical (unpaired) electrons. The molecule has 0 N–H and O–H groups in total. The topological polar surface area (TPSA) is 38.8 Å². The van der Waals surface area contributed by atoms with E-state index in [9.17, 15) is 4.79 Å². The van der Waals surface area contributed by atoms with Crippen molar-refractivity contribution < 1.29 is 14.3 Å². The van der Waals surface area contributed by atoms with Crippen LogP contribution in [0.3, 0.4) is 0 Å². The molecule has 2 unspecified atom stereocenters. The molecule has 0 amide bonds. The maximum absolute atomic E-state index is 11.8. The molecule has 0 bridgehead atoms. The summed E-state index contributed by atoms with van der Waals surface area (Å²) in [5, 5.41) is 2.46. The van der Waals surface area contributed by atoms with E-state index in [1.807, 2.05) is 6.07 Å². The van der Waals surface area contributed by atoms with Gasteiger partial charge in [-0.15, -0.1) is 0 Å². The first-order valence-electron chi connectivity index (χ1n) is 7.98. The lowest BCUT2D eigenvalue weighted by Gasteiger charge is -2.17. The quantitative estimate of drug-likeness (QED) is 0.808. The molecular formula is C19H20O3. The smallest absolute Gasteiger partial charge is 0.164 e. The van der Waals surface area contributed by atoms with Crippen LogP contribution in [0.1, 0.15) is 31.2 Å². The molecule has 2 fully saturated rings. The predicted molar refractivity (Wildman–Crippen MR) is 85.3 cm³/mol. The molecule has 1 saturated heterocycles. The molecule has 2 atom stereocenters. The van der Waals surface area contributed by atoms with E-state index in [2.05, 4.69) is 30.3 Å². The van der Waals surface area contributed by atoms with Crippen molar-refractivity contribution in [1.29, 1.82) is 0 Å². The first kappa shape index (κ1) is 13.8. The molecule has 4 rings (SSSR count). The third-order valence-corrected chi connectivity index (χ3v) is 5.08. The maximum atomic E-state index is 11.8. The number of hydrogen-bond donors (Lipinski definition) is 0. The number of epoxide rings is 1. The summed E-state index contributed by atoms with van der Waals surface area (Å²) in [6.07, 6.45) is 4.48. The number of aryl methyl sites for hydroxylation is 1. The van der Waals surface area contributed by atoms with Gasteiger partial charge in [-0.2, -0.15) is 0 Å². The number of methoxy groups -OCH3 is 1. The van der Waals surface area contributed by atoms with Crippen LogP contribution in [0.2, 0.25) is 0 Å². The van der Waals surface area contributed by atoms with Gasteiger partial charge in [-0.05, 0) is 54.2 Å². The molecule has 22 heavy (non-hydrogen) atoms. The molecule has 1 saturated carbocycles. The van der Waals surface area contributed by atoms with E-state index in [0.29, 0.717) is 12.2 Å². The Bertz CT molecular complexity index is 737. The molecule has 1 aliphatic carbocycles. The van der Waals surface area contributed by atoms with Crippen LogP contribution < -0.4 is 4.74 Å². The van der Waals surface area contributed by atoms with Gasteiger partial charge in [0.25, 0.3) is 0 Å². The van der Waals surface area contributed by atoms with Gasteiger partial charge in [0, 0.05) is 6.42 Å². The Labute approximate surface area is 130 Å². The Morgan fingerprint density at radius 3 is 3.09 bits per heavy atom. The van der Waals surface area contributed by atoms with E-state index in [4.69, 9.17) is 9.47 Å². The fourth-order valence-electron chi connectivity index (χ4n) is 3.78. The Morgan fingerprint density at radius 1 is 1.32 bits per heavy atom. The van der Waals surface area contributed by atoms with Crippen molar-refractivity contribution in [2.24, 2.45) is 0 Å². The van der Waals surface area contributed by atoms with Crippen LogP contribution >= 0.6 is 0 Å². The Hall–Kier alpha value is -1.87. The number of hydrogen-bond acceptors (Lipinski definition) is 3. The molecule has 0 aromatic heterocycles. The number of carbonyl (C=O) groups is 1. The van der Waals surface area contributed by atoms with Crippen molar-refractivity contribution in [3.8, 4) is 5.75 Å². The molecule has 3 nitrogen and oxygen atoms in total. The van der Waals surface area contributed by atoms with Crippen molar-refractivity contribution in [3.63, 3.8) is 0 Å². The average molecular weight is 296 g/mol. The Balaban J connectivity index is 1.56. The predicted octanol–water partition coefficient (Wildman–Crippen LogP) is 3.67. The van der Waals surface area contributed by atoms with Crippen LogP contribution in [0.25, 0.3) is 10.8 Å². The summed E-state index contributed by atoms with van der Waals surface area (Å²) in [6.45, 7) is 0. The van der Waals surface area contributed by atoms with E-state index in [1.165, 1.54) is 16.3 Å². The second-order valence-electron chi connectivity index (χ2n) is 6.39. The minimum atomic E-state index is -0.149. The van der Waals surface area contributed by atoms with E-state index in [1.54, 1.807) is 7.11 Å². The number of ether oxygens (including phenoxy) is 2. The minimum absolute atomic E-state index is 0.115. The second kappa shape index (κ2) is 5.10. The van der Waals surface area contributed by atoms with Gasteiger partial charge in [-0.25, -0.2) is 0 Å². The maximum Gasteiger partial charge on any atom is 0.164 e. The highest BCUT2D eigenvalue weighted by Gasteiger charge is 2.60. The lowest BCUT2D eigenvalue weighted by Crippen LogP contribution is -2.26. The number of rotatable bonds is 4. The summed E-state index contributed by atoms with van der Waals surface area (Å²) in [6, 6.07) is 12.6. The van der Waals surface area contributed by atoms with E-state index in [-0.39, 0.29) is 11.7 Å². The summed E-state index contributed by atoms with van der Waals surface area (Å²) in [5.41, 5.74) is 1.17. The molecular weight excluding hydrogens is 276 g/mol. The number of ketones is 1. The zero-order chi connectivity index (χ0) is 15.2. The van der Waals surface area contributed by atoms with E-state index >= 15 is 0 Å². The standard InChI is InChI=1S/C19H20O3/c1-21-15-7-8-16-13(4-2-5-14(16)12-15)9-11-19-10-3-6-17(20)18(19)22-19/h2,4-5,7-8,12,18H,3,6,9-11H2,1H3. The highest BCUT2D eigenvalue weighted by Crippen LogP contribution is 2.49. The summed E-state index contributed by atoms with van der Waals surface area (Å²) in [7, 11) is 1.69. The van der Waals surface area contributed by atoms with Gasteiger partial charge >= 0.3 is 0 Å². The van der Waals surface area contributed by atoms with Gasteiger partial charge in [0.05, 0.1) is 7.11 Å². The molecule has 1 aliphatic heterocycles. The van der Waals surface area contributed by atoms with E-state index in [0.717, 1.165) is 31.4 Å². The number of benzene rings is 2. The summed E-state index contributed by atoms with van der Waals surface area (Å²) in [4.78, 5) is 11.8. The van der Waals surface area contributed by atoms with Crippen LogP contribution in [-0.2, 0) is 16.0 Å². The summed E-state index contributed by atoms with van der Waals surface area (Å²) in [5.74, 6) is 1.18. The molecule has 114 valence electrons. The fourth-order valence-corrected chi connectivity index (χ4v) is 3.78. The second-order valence-corrected chi connectivity index (χ2v) is 6.39. The van der Waals surface area contributed by atoms with Crippen molar-refractivity contribution in [2.75, 3.05) is 7.11 Å². The molecule has 2 aliphatic rings. The molecule has 1 heterocycles. The van der Waals surface area contributed by atoms with Crippen LogP contribution in [-0.4, -0.2) is 24.6 Å². The van der Waals surface area contributed by atoms with Crippen molar-refractivity contribution in [3.05, 3.63) is 42.0 Å². The van der Waals surface area contributed by atoms with Crippen molar-refractivity contribution in [2.45, 2.75) is 43.8 Å². The van der Waals surface area contributed by atoms with Gasteiger partial charge in [0.2, 0.25) is 0 Å². The van der Waals surface area contributed by atoms with Crippen LogP contribution in [0, 0.1) is 0 Å². The van der Waals surface area contributed by atoms with Crippen molar-refractivity contribution in [1.82, 2.24) is 0 Å². The summed E-state index contributed by atoms with van der Waals surface area (Å²) >= 11 is 0. The van der Waals surface area contributed by atoms with Gasteiger partial charge in [0.15, 0.2) is 5.78 Å². The summed E-state index contributed by atoms with van der Waals surface area (Å²) < 4.78 is 11.1. The molecule has 0 spiro atoms. The average Bonchev–Trinajstić information content (AvgIpc) is 3.29. The Morgan fingerprint density at radius 2 is 2.23 bits per heavy atom. The zero-order valence-corrected chi connectivity index (χ0v) is 12.8. The number of Topliss-reactive ketones (excluding diaryl/α,β-unsaturated/α-hetero) is 1. The van der Waals surface area contributed by atoms with Crippen LogP contribution in [0.5, 0.6) is 5.75 Å². The largest absolute Gasteiger partial charge is 0.497 e. The lowest BCUT2D eigenvalue weighted by molar-refractivity contribution is -0.120. The van der Waals surface area contributed by atoms with Gasteiger partial charge in [-0.3, -0.25) is 4.79 Å². The first-order chi connectivity index (χ1) is 10.7. The highest BCUT2D eigenvalue weighted by atomic mass is 16.6. The molecule has 2 aromatic carbocycles. The third kappa shape index (κ3) is 2.20. The van der Waals surface area contributed by atoms with Crippen LogP contribution in [0.15, 0.2) is 36.4 Å². The van der Waals surface area contributed by atoms with Gasteiger partial charge in [0.1, 0.15) is 17.5 Å². The van der Waals surface area contributed by atoms with Crippen molar-refractivity contribution >= 4 is 16.6 Å². The van der Waals surface area contributed by atoms with Crippen LogP contribution in [0.4, 0.5) is 0 Å². The zero-order valence-electron chi connectivity index (χ0n) is 12.8. The van der Waals surface area contributed by atoms with Gasteiger partial charge in [-0.1, -0.05) is 24.3 Å². The fraction of sp³-hybridized carbons (Fsp3) is 0.421. The Kier molecular flexibility index (Phi) is 3.19. The lowest BCUT2D eigenvalue weighted by atomic mass is 9.84. The molecule has 2 aromatic rings. The number of carbonyl (C=O) groups excluding carboxylic acids is 1. The third-order valence-electron chi connectivity index (χ3n) is 5.08. The normalized spacial score (nSPS) is 26.8. The minimum Gasteiger partial charge on any atom is -0.497 e. The molecule has 3 heteroatoms. The first-order valence-corrected chi connectivity index (χ1v) is 7.98. The van der Waals surface area contributed by atoms with Gasteiger partial charge < -0.3 is 9.47 Å². The van der Waals surface area contributed by atoms with E-state index < -0.39 is 0 Å². The highest BCUT2D eigenvalue weighted by molar-refractivity contribution is 5.88. The SMILES string of the molecule is COc1ccc2c(CCC34CCCC(=O)C3O4)cccc2c1. The monoisotopic (exact) mass is 296 g/mol.